The maximum Gasteiger partial charge on any atom is 0.309 e. The topological polar surface area (TPSA) is 109 Å². The highest BCUT2D eigenvalue weighted by Crippen LogP contribution is 2.24. The Kier molecular flexibility index (Phi) is 5.84. The zero-order valence-corrected chi connectivity index (χ0v) is 15.7. The highest BCUT2D eigenvalue weighted by Gasteiger charge is 2.39. The van der Waals surface area contributed by atoms with Crippen LogP contribution in [-0.4, -0.2) is 58.7 Å². The molecule has 0 bridgehead atoms. The van der Waals surface area contributed by atoms with Gasteiger partial charge in [-0.1, -0.05) is 12.1 Å². The molecule has 0 radical (unpaired) electrons. The van der Waals surface area contributed by atoms with Crippen molar-refractivity contribution in [2.24, 2.45) is 5.92 Å². The molecule has 3 rings (SSSR count). The number of rotatable bonds is 5. The second-order valence-electron chi connectivity index (χ2n) is 7.03. The first-order valence-corrected chi connectivity index (χ1v) is 10.8. The van der Waals surface area contributed by atoms with Gasteiger partial charge in [0.05, 0.1) is 19.1 Å². The van der Waals surface area contributed by atoms with E-state index in [2.05, 4.69) is 5.32 Å². The monoisotopic (exact) mass is 382 g/mol. The average Bonchev–Trinajstić information content (AvgIpc) is 2.95. The van der Waals surface area contributed by atoms with Gasteiger partial charge in [-0.15, -0.1) is 0 Å². The first-order chi connectivity index (χ1) is 12.4. The molecule has 26 heavy (non-hydrogen) atoms. The number of methoxy groups -OCH3 is 1. The van der Waals surface area contributed by atoms with Crippen molar-refractivity contribution in [2.75, 3.05) is 25.2 Å². The van der Waals surface area contributed by atoms with E-state index in [0.29, 0.717) is 25.8 Å². The van der Waals surface area contributed by atoms with E-state index in [1.54, 1.807) is 7.11 Å². The Labute approximate surface area is 154 Å². The third kappa shape index (κ3) is 4.55. The first-order valence-electron chi connectivity index (χ1n) is 8.87. The van der Waals surface area contributed by atoms with Gasteiger partial charge in [0, 0.05) is 27.8 Å². The molecule has 1 aromatic carbocycles. The van der Waals surface area contributed by atoms with Crippen LogP contribution in [0.4, 0.5) is 0 Å². The van der Waals surface area contributed by atoms with Crippen LogP contribution in [0.2, 0.25) is 0 Å². The maximum atomic E-state index is 12.5. The van der Waals surface area contributed by atoms with E-state index in [1.807, 2.05) is 24.3 Å². The highest BCUT2D eigenvalue weighted by molar-refractivity contribution is 7.92. The molecular formula is C18H26N2O5S. The van der Waals surface area contributed by atoms with Gasteiger partial charge in [0.15, 0.2) is 0 Å². The minimum absolute atomic E-state index is 0.161. The lowest BCUT2D eigenvalue weighted by atomic mass is 10.00. The summed E-state index contributed by atoms with van der Waals surface area (Å²) in [5, 5.41) is 13.4. The van der Waals surface area contributed by atoms with E-state index in [-0.39, 0.29) is 29.4 Å². The van der Waals surface area contributed by atoms with Gasteiger partial charge in [0.1, 0.15) is 18.0 Å². The van der Waals surface area contributed by atoms with Crippen LogP contribution in [-0.2, 0) is 25.7 Å². The van der Waals surface area contributed by atoms with Gasteiger partial charge in [-0.25, -0.2) is 4.21 Å². The summed E-state index contributed by atoms with van der Waals surface area (Å²) in [7, 11) is -0.909. The standard InChI is InChI=1S/C18H26N2O5S/c1-24-14-4-2-12(3-5-14)10-15-17(16(21)11-20-15)25-18(22)13-6-8-26(19,23)9-7-13/h2-5,13,15-17,19-21H,6-11H2,1H3/t13?,15-,16+,17+,26?/m1/s1. The van der Waals surface area contributed by atoms with Crippen LogP contribution in [0.25, 0.3) is 0 Å². The van der Waals surface area contributed by atoms with Gasteiger partial charge in [0.2, 0.25) is 0 Å². The summed E-state index contributed by atoms with van der Waals surface area (Å²) >= 11 is 0. The van der Waals surface area contributed by atoms with Crippen molar-refractivity contribution in [2.45, 2.75) is 37.5 Å². The SMILES string of the molecule is COc1ccc(C[C@H]2NC[C@H](O)[C@H]2OC(=O)C2CCS(=N)(=O)CC2)cc1. The molecular weight excluding hydrogens is 356 g/mol. The van der Waals surface area contributed by atoms with Crippen molar-refractivity contribution in [3.05, 3.63) is 29.8 Å². The predicted octanol–water partition coefficient (Wildman–Crippen LogP) is 0.939. The summed E-state index contributed by atoms with van der Waals surface area (Å²) in [6.45, 7) is 0.379. The second-order valence-corrected chi connectivity index (χ2v) is 9.47. The molecule has 2 fully saturated rings. The van der Waals surface area contributed by atoms with Crippen molar-refractivity contribution >= 4 is 15.7 Å². The van der Waals surface area contributed by atoms with Crippen molar-refractivity contribution in [1.29, 1.82) is 4.78 Å². The van der Waals surface area contributed by atoms with Gasteiger partial charge in [-0.3, -0.25) is 9.57 Å². The molecule has 1 aromatic rings. The van der Waals surface area contributed by atoms with Crippen LogP contribution in [0, 0.1) is 10.7 Å². The highest BCUT2D eigenvalue weighted by atomic mass is 32.2. The molecule has 0 spiro atoms. The Morgan fingerprint density at radius 3 is 2.58 bits per heavy atom. The number of hydrogen-bond donors (Lipinski definition) is 3. The molecule has 3 N–H and O–H groups in total. The molecule has 0 saturated carbocycles. The van der Waals surface area contributed by atoms with E-state index in [9.17, 15) is 14.1 Å². The Morgan fingerprint density at radius 1 is 1.31 bits per heavy atom. The van der Waals surface area contributed by atoms with E-state index in [4.69, 9.17) is 14.3 Å². The van der Waals surface area contributed by atoms with Gasteiger partial charge in [0.25, 0.3) is 0 Å². The normalized spacial score (nSPS) is 34.4. The molecule has 144 valence electrons. The lowest BCUT2D eigenvalue weighted by molar-refractivity contribution is -0.159. The summed E-state index contributed by atoms with van der Waals surface area (Å²) in [6, 6.07) is 7.50. The van der Waals surface area contributed by atoms with Gasteiger partial charge < -0.3 is 19.9 Å². The molecule has 2 saturated heterocycles. The molecule has 0 amide bonds. The van der Waals surface area contributed by atoms with Crippen LogP contribution >= 0.6 is 0 Å². The summed E-state index contributed by atoms with van der Waals surface area (Å²) in [5.41, 5.74) is 1.06. The fourth-order valence-corrected chi connectivity index (χ4v) is 5.05. The summed E-state index contributed by atoms with van der Waals surface area (Å²) in [6.07, 6.45) is 0.115. The number of β-amino-alcohol motifs (C(OH)–C–C–N with tert-alkyl or cyclic N) is 1. The Bertz CT molecular complexity index is 720. The van der Waals surface area contributed by atoms with Gasteiger partial charge in [-0.05, 0) is 37.0 Å². The molecule has 2 heterocycles. The van der Waals surface area contributed by atoms with Crippen LogP contribution in [0.5, 0.6) is 5.75 Å². The number of nitrogens with one attached hydrogen (secondary N) is 2. The van der Waals surface area contributed by atoms with Crippen molar-refractivity contribution in [3.8, 4) is 5.75 Å². The van der Waals surface area contributed by atoms with E-state index in [1.165, 1.54) is 0 Å². The van der Waals surface area contributed by atoms with Crippen molar-refractivity contribution in [3.63, 3.8) is 0 Å². The fraction of sp³-hybridized carbons (Fsp3) is 0.611. The third-order valence-corrected chi connectivity index (χ3v) is 6.95. The number of benzene rings is 1. The lowest BCUT2D eigenvalue weighted by Gasteiger charge is -2.27. The average molecular weight is 382 g/mol. The summed E-state index contributed by atoms with van der Waals surface area (Å²) in [4.78, 5) is 12.5. The van der Waals surface area contributed by atoms with E-state index < -0.39 is 21.9 Å². The van der Waals surface area contributed by atoms with E-state index >= 15 is 0 Å². The first kappa shape index (κ1) is 19.1. The molecule has 2 aliphatic rings. The Morgan fingerprint density at radius 2 is 1.96 bits per heavy atom. The smallest absolute Gasteiger partial charge is 0.309 e. The second kappa shape index (κ2) is 7.94. The zero-order valence-electron chi connectivity index (χ0n) is 14.8. The minimum atomic E-state index is -2.52. The number of carbonyl (C=O) groups excluding carboxylic acids is 1. The molecule has 3 atom stereocenters. The number of esters is 1. The summed E-state index contributed by atoms with van der Waals surface area (Å²) in [5.74, 6) is 0.581. The molecule has 0 unspecified atom stereocenters. The summed E-state index contributed by atoms with van der Waals surface area (Å²) < 4.78 is 30.1. The maximum absolute atomic E-state index is 12.5. The number of carbonyl (C=O) groups is 1. The third-order valence-electron chi connectivity index (χ3n) is 5.16. The van der Waals surface area contributed by atoms with Gasteiger partial charge >= 0.3 is 5.97 Å². The van der Waals surface area contributed by atoms with E-state index in [0.717, 1.165) is 11.3 Å². The molecule has 2 aliphatic heterocycles. The number of aliphatic hydroxyl groups is 1. The number of hydrogen-bond acceptors (Lipinski definition) is 7. The van der Waals surface area contributed by atoms with Crippen LogP contribution in [0.15, 0.2) is 24.3 Å². The van der Waals surface area contributed by atoms with Crippen LogP contribution in [0.3, 0.4) is 0 Å². The fourth-order valence-electron chi connectivity index (χ4n) is 3.51. The Hall–Kier alpha value is -1.64. The van der Waals surface area contributed by atoms with Crippen LogP contribution < -0.4 is 10.1 Å². The minimum Gasteiger partial charge on any atom is -0.497 e. The lowest BCUT2D eigenvalue weighted by Crippen LogP contribution is -2.41. The predicted molar refractivity (Wildman–Crippen MR) is 97.7 cm³/mol. The number of aliphatic hydroxyl groups excluding tert-OH is 1. The Balaban J connectivity index is 1.60. The zero-order chi connectivity index (χ0) is 18.7. The molecule has 0 aliphatic carbocycles. The van der Waals surface area contributed by atoms with Crippen molar-refractivity contribution in [1.82, 2.24) is 5.32 Å². The van der Waals surface area contributed by atoms with Crippen LogP contribution in [0.1, 0.15) is 18.4 Å². The molecule has 7 nitrogen and oxygen atoms in total. The largest absolute Gasteiger partial charge is 0.497 e. The molecule has 0 aromatic heterocycles. The number of ether oxygens (including phenoxy) is 2. The van der Waals surface area contributed by atoms with Gasteiger partial charge in [-0.2, -0.15) is 0 Å². The quantitative estimate of drug-likeness (QED) is 0.654. The molecule has 8 heteroatoms. The van der Waals surface area contributed by atoms with Crippen molar-refractivity contribution < 1.29 is 23.6 Å².